The third-order valence-electron chi connectivity index (χ3n) is 0.167. The molecule has 0 bridgehead atoms. The maximum Gasteiger partial charge on any atom is 1.00 e. The maximum absolute atomic E-state index is 4.43. The van der Waals surface area contributed by atoms with Crippen LogP contribution in [0.5, 0.6) is 0 Å². The molecule has 0 N–H and O–H groups in total. The molecular formula is C3H6Rb3S+. The summed E-state index contributed by atoms with van der Waals surface area (Å²) in [4.78, 5) is 0. The zero-order valence-corrected chi connectivity index (χ0v) is 21.3. The van der Waals surface area contributed by atoms with Gasteiger partial charge in [0.1, 0.15) is 0 Å². The summed E-state index contributed by atoms with van der Waals surface area (Å²) in [5.41, 5.74) is 0. The van der Waals surface area contributed by atoms with Crippen LogP contribution in [0, 0.1) is 5.75 Å². The smallest absolute Gasteiger partial charge is 1.00 e. The van der Waals surface area contributed by atoms with Crippen molar-refractivity contribution in [3.8, 4) is 0 Å². The van der Waals surface area contributed by atoms with Crippen LogP contribution in [0.25, 0.3) is 0 Å². The van der Waals surface area contributed by atoms with E-state index in [0.29, 0.717) is 0 Å². The van der Waals surface area contributed by atoms with Gasteiger partial charge in [0.25, 0.3) is 0 Å². The molecule has 0 saturated carbocycles. The van der Waals surface area contributed by atoms with E-state index in [1.54, 1.807) is 5.75 Å². The molecule has 26 valence electrons. The van der Waals surface area contributed by atoms with Gasteiger partial charge in [-0.1, -0.05) is 6.92 Å². The van der Waals surface area contributed by atoms with E-state index in [1.807, 2.05) is 6.92 Å². The molecule has 0 aliphatic heterocycles. The Morgan fingerprint density at radius 3 is 1.43 bits per heavy atom. The average Bonchev–Trinajstić information content (AvgIpc) is 1.37. The molecule has 7 heavy (non-hydrogen) atoms. The zero-order valence-electron chi connectivity index (χ0n) is 5.69. The van der Waals surface area contributed by atoms with Crippen molar-refractivity contribution < 1.29 is 175 Å². The molecule has 0 radical (unpaired) electrons. The van der Waals surface area contributed by atoms with Crippen molar-refractivity contribution in [1.82, 2.24) is 0 Å². The van der Waals surface area contributed by atoms with Crippen molar-refractivity contribution in [1.29, 1.82) is 0 Å². The molecule has 0 aliphatic rings. The Kier molecular flexibility index (Phi) is 74.3. The first kappa shape index (κ1) is 23.0. The molecule has 0 spiro atoms. The third kappa shape index (κ3) is 24.5. The van der Waals surface area contributed by atoms with Crippen LogP contribution in [0.4, 0.5) is 0 Å². The molecule has 0 unspecified atom stereocenters. The second-order valence-corrected chi connectivity index (χ2v) is 0.908. The molecular weight excluding hydrogens is 325 g/mol. The van der Waals surface area contributed by atoms with Gasteiger partial charge in [0.2, 0.25) is 0 Å². The summed E-state index contributed by atoms with van der Waals surface area (Å²) in [5.74, 6) is 1.71. The van der Waals surface area contributed by atoms with Crippen molar-refractivity contribution in [2.24, 2.45) is 0 Å². The van der Waals surface area contributed by atoms with E-state index in [4.69, 9.17) is 0 Å². The van der Waals surface area contributed by atoms with Crippen molar-refractivity contribution in [3.05, 3.63) is 5.75 Å². The Balaban J connectivity index is -0.0000000150. The number of hydrogen-bond acceptors (Lipinski definition) is 1. The predicted molar refractivity (Wildman–Crippen MR) is 22.0 cm³/mol. The fraction of sp³-hybridized carbons (Fsp3) is 0.667. The molecule has 0 rings (SSSR count). The van der Waals surface area contributed by atoms with Gasteiger partial charge in [0.05, 0.1) is 0 Å². The average molecular weight is 331 g/mol. The molecule has 0 aliphatic carbocycles. The minimum atomic E-state index is 0. The first-order valence-corrected chi connectivity index (χ1v) is 1.82. The van der Waals surface area contributed by atoms with Crippen LogP contribution in [0.15, 0.2) is 0 Å². The Labute approximate surface area is 199 Å². The van der Waals surface area contributed by atoms with Crippen molar-refractivity contribution in [3.63, 3.8) is 0 Å². The minimum Gasteiger partial charge on any atom is -1.01 e. The summed E-state index contributed by atoms with van der Waals surface area (Å²) in [6.45, 7) is 2.02. The van der Waals surface area contributed by atoms with Crippen LogP contribution in [-0.4, -0.2) is 0 Å². The zero-order chi connectivity index (χ0) is 3.41. The summed E-state index contributed by atoms with van der Waals surface area (Å²) in [6.07, 6.45) is 1.01. The fourth-order valence-electron chi connectivity index (χ4n) is 0. The van der Waals surface area contributed by atoms with Gasteiger partial charge in [0.15, 0.2) is 0 Å². The summed E-state index contributed by atoms with van der Waals surface area (Å²) in [6, 6.07) is 0. The van der Waals surface area contributed by atoms with E-state index in [-0.39, 0.29) is 175 Å². The van der Waals surface area contributed by atoms with Crippen LogP contribution < -0.4 is 175 Å². The SMILES string of the molecule is CC[CH-][S-].[Rb+].[Rb+].[Rb+]. The van der Waals surface area contributed by atoms with Gasteiger partial charge >= 0.3 is 175 Å². The van der Waals surface area contributed by atoms with E-state index < -0.39 is 0 Å². The molecule has 0 heterocycles. The Bertz CT molecular complexity index is 12.1. The van der Waals surface area contributed by atoms with Crippen LogP contribution >= 0.6 is 0 Å². The van der Waals surface area contributed by atoms with E-state index in [0.717, 1.165) is 6.42 Å². The van der Waals surface area contributed by atoms with Gasteiger partial charge in [-0.15, -0.1) is 0 Å². The first-order chi connectivity index (χ1) is 1.91. The maximum atomic E-state index is 4.43. The summed E-state index contributed by atoms with van der Waals surface area (Å²) in [5, 5.41) is 0. The molecule has 4 heteroatoms. The van der Waals surface area contributed by atoms with Crippen LogP contribution in [0.1, 0.15) is 13.3 Å². The molecule has 0 amide bonds. The van der Waals surface area contributed by atoms with Gasteiger partial charge in [-0.05, 0) is 0 Å². The Hall–Kier alpha value is 5.77. The van der Waals surface area contributed by atoms with Gasteiger partial charge in [0, 0.05) is 0 Å². The predicted octanol–water partition coefficient (Wildman–Crippen LogP) is -7.88. The largest absolute Gasteiger partial charge is 1.01 e. The fourth-order valence-corrected chi connectivity index (χ4v) is 0. The number of hydrogen-bond donors (Lipinski definition) is 0. The second kappa shape index (κ2) is 22.6. The summed E-state index contributed by atoms with van der Waals surface area (Å²) in [7, 11) is 0. The quantitative estimate of drug-likeness (QED) is 0.340. The first-order valence-electron chi connectivity index (χ1n) is 1.35. The van der Waals surface area contributed by atoms with Crippen molar-refractivity contribution in [2.45, 2.75) is 13.3 Å². The van der Waals surface area contributed by atoms with E-state index in [2.05, 4.69) is 12.6 Å². The molecule has 0 aromatic carbocycles. The van der Waals surface area contributed by atoms with Crippen molar-refractivity contribution >= 4 is 12.6 Å². The van der Waals surface area contributed by atoms with Gasteiger partial charge in [-0.2, -0.15) is 0 Å². The van der Waals surface area contributed by atoms with Crippen LogP contribution in [0.2, 0.25) is 0 Å². The molecule has 0 aromatic heterocycles. The molecule has 0 saturated heterocycles. The van der Waals surface area contributed by atoms with E-state index >= 15 is 0 Å². The third-order valence-corrected chi connectivity index (χ3v) is 0.500. The standard InChI is InChI=1S/C3H6S.3Rb/c1-2-3-4;;;/h3H,2H2,1H3;;;/q-2;3*+1. The molecule has 0 fully saturated rings. The molecule has 0 atom stereocenters. The molecule has 0 nitrogen and oxygen atoms in total. The number of rotatable bonds is 1. The normalized spacial score (nSPS) is 4.29. The van der Waals surface area contributed by atoms with Gasteiger partial charge < -0.3 is 18.4 Å². The Morgan fingerprint density at radius 1 is 1.29 bits per heavy atom. The van der Waals surface area contributed by atoms with Crippen molar-refractivity contribution in [2.75, 3.05) is 0 Å². The van der Waals surface area contributed by atoms with Crippen LogP contribution in [0.3, 0.4) is 0 Å². The monoisotopic (exact) mass is 329 g/mol. The van der Waals surface area contributed by atoms with Gasteiger partial charge in [-0.3, -0.25) is 0 Å². The second-order valence-electron chi connectivity index (χ2n) is 0.575. The van der Waals surface area contributed by atoms with Gasteiger partial charge in [-0.25, -0.2) is 6.42 Å². The van der Waals surface area contributed by atoms with Crippen LogP contribution in [-0.2, 0) is 12.6 Å². The Morgan fingerprint density at radius 2 is 1.43 bits per heavy atom. The topological polar surface area (TPSA) is 0 Å². The summed E-state index contributed by atoms with van der Waals surface area (Å²) < 4.78 is 0. The molecule has 0 aromatic rings. The van der Waals surface area contributed by atoms with E-state index in [1.165, 1.54) is 0 Å². The summed E-state index contributed by atoms with van der Waals surface area (Å²) >= 11 is 4.43. The van der Waals surface area contributed by atoms with E-state index in [9.17, 15) is 0 Å². The minimum absolute atomic E-state index is 0.